The highest BCUT2D eigenvalue weighted by molar-refractivity contribution is 7.89. The molecule has 1 aromatic carbocycles. The van der Waals surface area contributed by atoms with Gasteiger partial charge in [0.1, 0.15) is 11.0 Å². The molecule has 2 aliphatic heterocycles. The summed E-state index contributed by atoms with van der Waals surface area (Å²) < 4.78 is 37.2. The van der Waals surface area contributed by atoms with Crippen LogP contribution in [0.4, 0.5) is 0 Å². The van der Waals surface area contributed by atoms with Crippen LogP contribution in [0.2, 0.25) is 0 Å². The highest BCUT2D eigenvalue weighted by Crippen LogP contribution is 2.28. The molecule has 1 unspecified atom stereocenters. The van der Waals surface area contributed by atoms with Crippen molar-refractivity contribution in [3.63, 3.8) is 0 Å². The Morgan fingerprint density at radius 3 is 2.90 bits per heavy atom. The first-order valence-electron chi connectivity index (χ1n) is 6.84. The van der Waals surface area contributed by atoms with Gasteiger partial charge in [-0.1, -0.05) is 6.07 Å². The van der Waals surface area contributed by atoms with Gasteiger partial charge in [-0.25, -0.2) is 8.42 Å². The zero-order valence-corrected chi connectivity index (χ0v) is 12.4. The predicted octanol–water partition coefficient (Wildman–Crippen LogP) is 1.17. The van der Waals surface area contributed by atoms with Gasteiger partial charge in [0.15, 0.2) is 0 Å². The van der Waals surface area contributed by atoms with Crippen molar-refractivity contribution in [3.8, 4) is 5.75 Å². The molecule has 20 heavy (non-hydrogen) atoms. The van der Waals surface area contributed by atoms with Gasteiger partial charge in [0.05, 0.1) is 13.7 Å². The van der Waals surface area contributed by atoms with Crippen LogP contribution in [-0.2, 0) is 27.7 Å². The first kappa shape index (κ1) is 13.9. The Balaban J connectivity index is 1.84. The number of hydrogen-bond donors (Lipinski definition) is 0. The van der Waals surface area contributed by atoms with Crippen molar-refractivity contribution >= 4 is 10.0 Å². The fraction of sp³-hybridized carbons (Fsp3) is 0.571. The van der Waals surface area contributed by atoms with E-state index in [1.807, 2.05) is 18.2 Å². The first-order valence-corrected chi connectivity index (χ1v) is 8.34. The van der Waals surface area contributed by atoms with Crippen LogP contribution in [0.1, 0.15) is 17.5 Å². The second kappa shape index (κ2) is 5.35. The van der Waals surface area contributed by atoms with Gasteiger partial charge >= 0.3 is 0 Å². The summed E-state index contributed by atoms with van der Waals surface area (Å²) in [4.78, 5) is 0. The average molecular weight is 297 g/mol. The van der Waals surface area contributed by atoms with Gasteiger partial charge in [0, 0.05) is 19.7 Å². The van der Waals surface area contributed by atoms with Crippen LogP contribution in [-0.4, -0.2) is 44.8 Å². The zero-order valence-electron chi connectivity index (χ0n) is 11.5. The van der Waals surface area contributed by atoms with Crippen LogP contribution < -0.4 is 4.74 Å². The van der Waals surface area contributed by atoms with E-state index in [1.54, 1.807) is 11.4 Å². The molecule has 1 aromatic rings. The van der Waals surface area contributed by atoms with E-state index in [0.29, 0.717) is 32.7 Å². The first-order chi connectivity index (χ1) is 9.61. The van der Waals surface area contributed by atoms with Crippen LogP contribution in [0.5, 0.6) is 5.75 Å². The van der Waals surface area contributed by atoms with Crippen LogP contribution in [0, 0.1) is 0 Å². The minimum atomic E-state index is -3.26. The minimum absolute atomic E-state index is 0.323. The maximum absolute atomic E-state index is 12.6. The predicted molar refractivity (Wildman–Crippen MR) is 75.3 cm³/mol. The monoisotopic (exact) mass is 297 g/mol. The summed E-state index contributed by atoms with van der Waals surface area (Å²) in [6.07, 6.45) is 1.36. The van der Waals surface area contributed by atoms with Gasteiger partial charge in [-0.05, 0) is 36.1 Å². The smallest absolute Gasteiger partial charge is 0.219 e. The lowest BCUT2D eigenvalue weighted by Crippen LogP contribution is -2.42. The van der Waals surface area contributed by atoms with E-state index in [2.05, 4.69) is 0 Å². The quantitative estimate of drug-likeness (QED) is 0.840. The average Bonchev–Trinajstić information content (AvgIpc) is 3.01. The van der Waals surface area contributed by atoms with E-state index in [1.165, 1.54) is 5.56 Å². The molecule has 2 aliphatic rings. The van der Waals surface area contributed by atoms with Crippen molar-refractivity contribution in [1.82, 2.24) is 4.31 Å². The van der Waals surface area contributed by atoms with Gasteiger partial charge in [-0.2, -0.15) is 4.31 Å². The Labute approximate surface area is 119 Å². The Bertz CT molecular complexity index is 593. The molecule has 0 radical (unpaired) electrons. The lowest BCUT2D eigenvalue weighted by molar-refractivity contribution is 0.197. The number of methoxy groups -OCH3 is 1. The fourth-order valence-corrected chi connectivity index (χ4v) is 4.56. The fourth-order valence-electron chi connectivity index (χ4n) is 2.81. The minimum Gasteiger partial charge on any atom is -0.497 e. The molecule has 1 atom stereocenters. The molecule has 0 bridgehead atoms. The lowest BCUT2D eigenvalue weighted by atomic mass is 10.0. The molecule has 0 spiro atoms. The molecular formula is C14H19NO4S. The van der Waals surface area contributed by atoms with E-state index in [9.17, 15) is 8.42 Å². The normalized spacial score (nSPS) is 23.6. The van der Waals surface area contributed by atoms with Crippen molar-refractivity contribution in [1.29, 1.82) is 0 Å². The molecular weight excluding hydrogens is 278 g/mol. The zero-order chi connectivity index (χ0) is 14.2. The number of nitrogens with zero attached hydrogens (tertiary/aromatic N) is 1. The van der Waals surface area contributed by atoms with Gasteiger partial charge in [0.2, 0.25) is 10.0 Å². The maximum Gasteiger partial charge on any atom is 0.219 e. The van der Waals surface area contributed by atoms with Crippen LogP contribution in [0.3, 0.4) is 0 Å². The third-order valence-corrected chi connectivity index (χ3v) is 6.31. The number of hydrogen-bond acceptors (Lipinski definition) is 4. The van der Waals surface area contributed by atoms with Crippen molar-refractivity contribution < 1.29 is 17.9 Å². The summed E-state index contributed by atoms with van der Waals surface area (Å²) in [5, 5.41) is -0.380. The number of sulfonamides is 1. The number of rotatable bonds is 3. The van der Waals surface area contributed by atoms with Crippen molar-refractivity contribution in [2.45, 2.75) is 24.6 Å². The summed E-state index contributed by atoms with van der Waals surface area (Å²) in [5.74, 6) is 0.771. The molecule has 1 saturated heterocycles. The summed E-state index contributed by atoms with van der Waals surface area (Å²) >= 11 is 0. The summed E-state index contributed by atoms with van der Waals surface area (Å²) in [6, 6.07) is 5.88. The molecule has 0 aliphatic carbocycles. The number of ether oxygens (including phenoxy) is 2. The SMILES string of the molecule is COc1ccc2c(c1)CN(S(=O)(=O)C1CCOC1)CC2. The highest BCUT2D eigenvalue weighted by atomic mass is 32.2. The van der Waals surface area contributed by atoms with Gasteiger partial charge in [-0.3, -0.25) is 0 Å². The van der Waals surface area contributed by atoms with Crippen molar-refractivity contribution in [2.75, 3.05) is 26.9 Å². The summed E-state index contributed by atoms with van der Waals surface area (Å²) in [6.45, 7) is 1.86. The van der Waals surface area contributed by atoms with Crippen LogP contribution in [0.15, 0.2) is 18.2 Å². The van der Waals surface area contributed by atoms with Gasteiger partial charge in [0.25, 0.3) is 0 Å². The van der Waals surface area contributed by atoms with Gasteiger partial charge in [-0.15, -0.1) is 0 Å². The maximum atomic E-state index is 12.6. The molecule has 0 amide bonds. The second-order valence-electron chi connectivity index (χ2n) is 5.25. The molecule has 2 heterocycles. The van der Waals surface area contributed by atoms with E-state index in [-0.39, 0.29) is 5.25 Å². The van der Waals surface area contributed by atoms with Crippen molar-refractivity contribution in [2.24, 2.45) is 0 Å². The Kier molecular flexibility index (Phi) is 3.70. The van der Waals surface area contributed by atoms with Crippen molar-refractivity contribution in [3.05, 3.63) is 29.3 Å². The molecule has 0 saturated carbocycles. The molecule has 5 nitrogen and oxygen atoms in total. The Morgan fingerprint density at radius 2 is 2.20 bits per heavy atom. The molecule has 6 heteroatoms. The number of fused-ring (bicyclic) bond motifs is 1. The lowest BCUT2D eigenvalue weighted by Gasteiger charge is -2.30. The standard InChI is InChI=1S/C14H19NO4S/c1-18-13-3-2-11-4-6-15(9-12(11)8-13)20(16,17)14-5-7-19-10-14/h2-3,8,14H,4-7,9-10H2,1H3. The van der Waals surface area contributed by atoms with Crippen LogP contribution in [0.25, 0.3) is 0 Å². The Morgan fingerprint density at radius 1 is 1.35 bits per heavy atom. The molecule has 0 aromatic heterocycles. The largest absolute Gasteiger partial charge is 0.497 e. The number of benzene rings is 1. The topological polar surface area (TPSA) is 55.8 Å². The third-order valence-electron chi connectivity index (χ3n) is 4.06. The molecule has 1 fully saturated rings. The van der Waals surface area contributed by atoms with Gasteiger partial charge < -0.3 is 9.47 Å². The third kappa shape index (κ3) is 2.43. The van der Waals surface area contributed by atoms with E-state index in [4.69, 9.17) is 9.47 Å². The molecule has 3 rings (SSSR count). The summed E-state index contributed by atoms with van der Waals surface area (Å²) in [5.41, 5.74) is 2.25. The Hall–Kier alpha value is -1.11. The molecule has 0 N–H and O–H groups in total. The summed E-state index contributed by atoms with van der Waals surface area (Å²) in [7, 11) is -1.64. The van der Waals surface area contributed by atoms with E-state index in [0.717, 1.165) is 17.7 Å². The second-order valence-corrected chi connectivity index (χ2v) is 7.46. The van der Waals surface area contributed by atoms with E-state index < -0.39 is 10.0 Å². The highest BCUT2D eigenvalue weighted by Gasteiger charge is 2.36. The van der Waals surface area contributed by atoms with Crippen LogP contribution >= 0.6 is 0 Å². The van der Waals surface area contributed by atoms with E-state index >= 15 is 0 Å². The molecule has 110 valence electrons.